The van der Waals surface area contributed by atoms with Gasteiger partial charge in [-0.05, 0) is 41.1 Å². The molecule has 0 aliphatic heterocycles. The highest BCUT2D eigenvalue weighted by Gasteiger charge is 2.14. The van der Waals surface area contributed by atoms with Gasteiger partial charge in [0.2, 0.25) is 5.43 Å². The number of fused-ring (bicyclic) bond motifs is 1. The molecule has 3 aromatic rings. The number of hydrogen-bond donors (Lipinski definition) is 0. The van der Waals surface area contributed by atoms with Crippen molar-refractivity contribution < 1.29 is 9.15 Å². The van der Waals surface area contributed by atoms with Gasteiger partial charge in [0.15, 0.2) is 11.4 Å². The number of anilines is 1. The molecular formula is C20H18N2O4. The number of nitroso groups, excluding NO2 is 1. The van der Waals surface area contributed by atoms with Crippen LogP contribution in [-0.4, -0.2) is 21.2 Å². The van der Waals surface area contributed by atoms with E-state index in [1.54, 1.807) is 30.4 Å². The van der Waals surface area contributed by atoms with Crippen LogP contribution in [0.2, 0.25) is 0 Å². The van der Waals surface area contributed by atoms with Gasteiger partial charge in [-0.3, -0.25) is 4.79 Å². The molecule has 0 spiro atoms. The van der Waals surface area contributed by atoms with E-state index in [0.29, 0.717) is 11.3 Å². The highest BCUT2D eigenvalue weighted by atomic mass is 16.5. The maximum absolute atomic E-state index is 12.5. The molecule has 1 heterocycles. The molecule has 0 aliphatic rings. The van der Waals surface area contributed by atoms with Gasteiger partial charge in [-0.1, -0.05) is 18.2 Å². The Morgan fingerprint density at radius 2 is 1.81 bits per heavy atom. The minimum absolute atomic E-state index is 0.113. The quantitative estimate of drug-likeness (QED) is 0.636. The molecule has 0 radical (unpaired) electrons. The van der Waals surface area contributed by atoms with Gasteiger partial charge in [0, 0.05) is 25.8 Å². The van der Waals surface area contributed by atoms with Crippen molar-refractivity contribution in [3.8, 4) is 5.75 Å². The zero-order chi connectivity index (χ0) is 18.7. The van der Waals surface area contributed by atoms with Crippen LogP contribution in [0.4, 0.5) is 11.4 Å². The van der Waals surface area contributed by atoms with E-state index in [4.69, 9.17) is 9.15 Å². The van der Waals surface area contributed by atoms with Crippen molar-refractivity contribution in [3.63, 3.8) is 0 Å². The molecule has 0 N–H and O–H groups in total. The first-order valence-corrected chi connectivity index (χ1v) is 7.97. The second-order valence-corrected chi connectivity index (χ2v) is 5.92. The molecule has 0 bridgehead atoms. The monoisotopic (exact) mass is 350 g/mol. The first kappa shape index (κ1) is 17.4. The Morgan fingerprint density at radius 1 is 1.08 bits per heavy atom. The third-order valence-electron chi connectivity index (χ3n) is 4.03. The molecule has 0 aliphatic carbocycles. The molecule has 0 atom stereocenters. The summed E-state index contributed by atoms with van der Waals surface area (Å²) in [7, 11) is 5.45. The van der Waals surface area contributed by atoms with E-state index in [2.05, 4.69) is 5.18 Å². The van der Waals surface area contributed by atoms with Crippen molar-refractivity contribution in [2.75, 3.05) is 26.1 Å². The average molecular weight is 350 g/mol. The minimum atomic E-state index is -0.466. The summed E-state index contributed by atoms with van der Waals surface area (Å²) in [6, 6.07) is 12.6. The lowest BCUT2D eigenvalue weighted by Crippen LogP contribution is -2.07. The SMILES string of the molecule is COc1ccc2c(=O)c(N=O)c(/C=C/c3ccc(N(C)C)cc3)oc2c1. The molecular weight excluding hydrogens is 332 g/mol. The van der Waals surface area contributed by atoms with Gasteiger partial charge < -0.3 is 14.1 Å². The Hall–Kier alpha value is -3.41. The van der Waals surface area contributed by atoms with Crippen molar-refractivity contribution in [3.05, 3.63) is 68.9 Å². The van der Waals surface area contributed by atoms with Gasteiger partial charge in [-0.15, -0.1) is 4.91 Å². The molecule has 6 nitrogen and oxygen atoms in total. The van der Waals surface area contributed by atoms with Gasteiger partial charge in [0.25, 0.3) is 0 Å². The van der Waals surface area contributed by atoms with Gasteiger partial charge in [0.1, 0.15) is 11.3 Å². The summed E-state index contributed by atoms with van der Waals surface area (Å²) in [6.45, 7) is 0. The lowest BCUT2D eigenvalue weighted by Gasteiger charge is -2.11. The van der Waals surface area contributed by atoms with E-state index < -0.39 is 5.43 Å². The number of methoxy groups -OCH3 is 1. The summed E-state index contributed by atoms with van der Waals surface area (Å²) < 4.78 is 10.9. The fourth-order valence-electron chi connectivity index (χ4n) is 2.56. The van der Waals surface area contributed by atoms with Gasteiger partial charge in [-0.2, -0.15) is 0 Å². The zero-order valence-corrected chi connectivity index (χ0v) is 14.7. The zero-order valence-electron chi connectivity index (χ0n) is 14.7. The summed E-state index contributed by atoms with van der Waals surface area (Å²) >= 11 is 0. The van der Waals surface area contributed by atoms with Crippen LogP contribution in [0.15, 0.2) is 56.9 Å². The lowest BCUT2D eigenvalue weighted by molar-refractivity contribution is 0.414. The molecule has 2 aromatic carbocycles. The topological polar surface area (TPSA) is 72.1 Å². The molecule has 132 valence electrons. The van der Waals surface area contributed by atoms with Crippen molar-refractivity contribution in [1.82, 2.24) is 0 Å². The van der Waals surface area contributed by atoms with Crippen LogP contribution in [-0.2, 0) is 0 Å². The minimum Gasteiger partial charge on any atom is -0.497 e. The average Bonchev–Trinajstić information content (AvgIpc) is 2.66. The smallest absolute Gasteiger partial charge is 0.222 e. The van der Waals surface area contributed by atoms with Gasteiger partial charge in [-0.25, -0.2) is 0 Å². The molecule has 1 aromatic heterocycles. The standard InChI is InChI=1S/C20H18N2O4/c1-22(2)14-7-4-13(5-8-14)6-11-17-19(21-24)20(23)16-10-9-15(25-3)12-18(16)26-17/h4-12H,1-3H3/b11-6+. The molecule has 0 fully saturated rings. The van der Waals surface area contributed by atoms with Crippen molar-refractivity contribution in [2.24, 2.45) is 5.18 Å². The van der Waals surface area contributed by atoms with E-state index in [1.165, 1.54) is 7.11 Å². The van der Waals surface area contributed by atoms with Gasteiger partial charge in [0.05, 0.1) is 12.5 Å². The first-order chi connectivity index (χ1) is 12.5. The highest BCUT2D eigenvalue weighted by Crippen LogP contribution is 2.26. The lowest BCUT2D eigenvalue weighted by atomic mass is 10.1. The third-order valence-corrected chi connectivity index (χ3v) is 4.03. The van der Waals surface area contributed by atoms with Gasteiger partial charge >= 0.3 is 0 Å². The first-order valence-electron chi connectivity index (χ1n) is 7.97. The molecule has 0 amide bonds. The van der Waals surface area contributed by atoms with Crippen molar-refractivity contribution >= 4 is 34.5 Å². The summed E-state index contributed by atoms with van der Waals surface area (Å²) in [5.41, 5.74) is 1.60. The Balaban J connectivity index is 2.05. The second-order valence-electron chi connectivity index (χ2n) is 5.92. The van der Waals surface area contributed by atoms with Crippen molar-refractivity contribution in [1.29, 1.82) is 0 Å². The fraction of sp³-hybridized carbons (Fsp3) is 0.150. The summed E-state index contributed by atoms with van der Waals surface area (Å²) in [5, 5.41) is 3.15. The predicted molar refractivity (Wildman–Crippen MR) is 104 cm³/mol. The Kier molecular flexibility index (Phi) is 4.84. The molecule has 0 saturated carbocycles. The predicted octanol–water partition coefficient (Wildman–Crippen LogP) is 4.44. The summed E-state index contributed by atoms with van der Waals surface area (Å²) in [4.78, 5) is 25.6. The number of benzene rings is 2. The van der Waals surface area contributed by atoms with Crippen molar-refractivity contribution in [2.45, 2.75) is 0 Å². The summed E-state index contributed by atoms with van der Waals surface area (Å²) in [5.74, 6) is 0.670. The Labute approximate surface area is 150 Å². The molecule has 0 saturated heterocycles. The number of hydrogen-bond acceptors (Lipinski definition) is 6. The van der Waals surface area contributed by atoms with E-state index in [1.807, 2.05) is 43.3 Å². The number of rotatable bonds is 5. The number of nitrogens with zero attached hydrogens (tertiary/aromatic N) is 2. The molecule has 0 unspecified atom stereocenters. The largest absolute Gasteiger partial charge is 0.497 e. The highest BCUT2D eigenvalue weighted by molar-refractivity contribution is 5.84. The van der Waals surface area contributed by atoms with E-state index in [9.17, 15) is 9.70 Å². The molecule has 26 heavy (non-hydrogen) atoms. The van der Waals surface area contributed by atoms with Crippen LogP contribution in [0.25, 0.3) is 23.1 Å². The van der Waals surface area contributed by atoms with Crippen LogP contribution >= 0.6 is 0 Å². The maximum Gasteiger partial charge on any atom is 0.222 e. The van der Waals surface area contributed by atoms with E-state index in [0.717, 1.165) is 11.3 Å². The number of ether oxygens (including phenoxy) is 1. The third kappa shape index (κ3) is 3.35. The van der Waals surface area contributed by atoms with Crippen LogP contribution in [0.3, 0.4) is 0 Å². The van der Waals surface area contributed by atoms with Crippen LogP contribution in [0, 0.1) is 4.91 Å². The summed E-state index contributed by atoms with van der Waals surface area (Å²) in [6.07, 6.45) is 3.33. The Morgan fingerprint density at radius 3 is 2.42 bits per heavy atom. The van der Waals surface area contributed by atoms with Crippen LogP contribution < -0.4 is 15.1 Å². The molecule has 6 heteroatoms. The fourth-order valence-corrected chi connectivity index (χ4v) is 2.56. The second kappa shape index (κ2) is 7.23. The molecule has 3 rings (SSSR count). The van der Waals surface area contributed by atoms with Crippen LogP contribution in [0.5, 0.6) is 5.75 Å². The normalized spacial score (nSPS) is 11.0. The van der Waals surface area contributed by atoms with E-state index >= 15 is 0 Å². The van der Waals surface area contributed by atoms with E-state index in [-0.39, 0.29) is 16.8 Å². The Bertz CT molecular complexity index is 1030. The van der Waals surface area contributed by atoms with Crippen LogP contribution in [0.1, 0.15) is 11.3 Å². The maximum atomic E-state index is 12.5.